The Morgan fingerprint density at radius 2 is 2.11 bits per heavy atom. The van der Waals surface area contributed by atoms with Crippen LogP contribution in [0.15, 0.2) is 18.2 Å². The van der Waals surface area contributed by atoms with Crippen LogP contribution in [0, 0.1) is 0 Å². The molecular weight excluding hydrogens is 232 g/mol. The normalized spacial score (nSPS) is 16.1. The second-order valence-electron chi connectivity index (χ2n) is 4.38. The lowest BCUT2D eigenvalue weighted by Gasteiger charge is -2.18. The van der Waals surface area contributed by atoms with Crippen molar-refractivity contribution in [2.24, 2.45) is 5.73 Å². The van der Waals surface area contributed by atoms with E-state index in [1.165, 1.54) is 0 Å². The molecule has 1 fully saturated rings. The third-order valence-corrected chi connectivity index (χ3v) is 3.02. The summed E-state index contributed by atoms with van der Waals surface area (Å²) in [6.45, 7) is 0. The SMILES string of the molecule is COc1ccc(C(NC2CC2)C(N)=O)c(OC)c1. The van der Waals surface area contributed by atoms with Gasteiger partial charge in [-0.05, 0) is 25.0 Å². The molecule has 5 nitrogen and oxygen atoms in total. The van der Waals surface area contributed by atoms with Gasteiger partial charge in [0.05, 0.1) is 14.2 Å². The van der Waals surface area contributed by atoms with Gasteiger partial charge in [-0.15, -0.1) is 0 Å². The Kier molecular flexibility index (Phi) is 3.72. The van der Waals surface area contributed by atoms with Crippen LogP contribution in [-0.4, -0.2) is 26.2 Å². The lowest BCUT2D eigenvalue weighted by atomic mass is 10.0. The van der Waals surface area contributed by atoms with Gasteiger partial charge in [0.2, 0.25) is 5.91 Å². The Morgan fingerprint density at radius 1 is 1.39 bits per heavy atom. The summed E-state index contributed by atoms with van der Waals surface area (Å²) in [6.07, 6.45) is 2.17. The molecule has 0 aromatic heterocycles. The molecule has 0 bridgehead atoms. The molecule has 3 N–H and O–H groups in total. The van der Waals surface area contributed by atoms with Crippen molar-refractivity contribution in [3.8, 4) is 11.5 Å². The number of nitrogens with one attached hydrogen (secondary N) is 1. The number of hydrogen-bond donors (Lipinski definition) is 2. The topological polar surface area (TPSA) is 73.6 Å². The fourth-order valence-electron chi connectivity index (χ4n) is 1.87. The summed E-state index contributed by atoms with van der Waals surface area (Å²) in [5.41, 5.74) is 6.20. The second kappa shape index (κ2) is 5.27. The maximum absolute atomic E-state index is 11.6. The average molecular weight is 250 g/mol. The zero-order valence-corrected chi connectivity index (χ0v) is 10.6. The molecule has 5 heteroatoms. The number of methoxy groups -OCH3 is 2. The maximum Gasteiger partial charge on any atom is 0.239 e. The van der Waals surface area contributed by atoms with Gasteiger partial charge >= 0.3 is 0 Å². The lowest BCUT2D eigenvalue weighted by molar-refractivity contribution is -0.120. The second-order valence-corrected chi connectivity index (χ2v) is 4.38. The van der Waals surface area contributed by atoms with Crippen molar-refractivity contribution < 1.29 is 14.3 Å². The van der Waals surface area contributed by atoms with Crippen molar-refractivity contribution in [3.05, 3.63) is 23.8 Å². The fraction of sp³-hybridized carbons (Fsp3) is 0.462. The van der Waals surface area contributed by atoms with E-state index < -0.39 is 11.9 Å². The molecule has 1 unspecified atom stereocenters. The summed E-state index contributed by atoms with van der Waals surface area (Å²) in [7, 11) is 3.15. The highest BCUT2D eigenvalue weighted by atomic mass is 16.5. The van der Waals surface area contributed by atoms with Crippen LogP contribution in [-0.2, 0) is 4.79 Å². The molecule has 0 radical (unpaired) electrons. The highest BCUT2D eigenvalue weighted by Gasteiger charge is 2.30. The first-order chi connectivity index (χ1) is 8.65. The van der Waals surface area contributed by atoms with Crippen molar-refractivity contribution >= 4 is 5.91 Å². The number of ether oxygens (including phenoxy) is 2. The minimum absolute atomic E-state index is 0.384. The molecule has 2 rings (SSSR count). The quantitative estimate of drug-likeness (QED) is 0.789. The largest absolute Gasteiger partial charge is 0.497 e. The van der Waals surface area contributed by atoms with Crippen molar-refractivity contribution in [2.75, 3.05) is 14.2 Å². The van der Waals surface area contributed by atoms with E-state index in [-0.39, 0.29) is 0 Å². The van der Waals surface area contributed by atoms with Gasteiger partial charge in [-0.2, -0.15) is 0 Å². The van der Waals surface area contributed by atoms with Gasteiger partial charge in [0, 0.05) is 17.7 Å². The van der Waals surface area contributed by atoms with Crippen molar-refractivity contribution in [2.45, 2.75) is 24.9 Å². The van der Waals surface area contributed by atoms with Gasteiger partial charge in [-0.25, -0.2) is 0 Å². The van der Waals surface area contributed by atoms with Crippen molar-refractivity contribution in [1.82, 2.24) is 5.32 Å². The Bertz CT molecular complexity index is 444. The van der Waals surface area contributed by atoms with E-state index in [4.69, 9.17) is 15.2 Å². The van der Waals surface area contributed by atoms with Crippen LogP contribution in [0.5, 0.6) is 11.5 Å². The summed E-state index contributed by atoms with van der Waals surface area (Å²) < 4.78 is 10.4. The maximum atomic E-state index is 11.6. The van der Waals surface area contributed by atoms with E-state index in [0.717, 1.165) is 18.4 Å². The molecule has 1 aromatic rings. The number of nitrogens with two attached hydrogens (primary N) is 1. The molecule has 1 aromatic carbocycles. The van der Waals surface area contributed by atoms with E-state index >= 15 is 0 Å². The molecule has 1 aliphatic carbocycles. The highest BCUT2D eigenvalue weighted by molar-refractivity contribution is 5.82. The molecule has 1 aliphatic rings. The molecular formula is C13H18N2O3. The van der Waals surface area contributed by atoms with E-state index in [1.807, 2.05) is 6.07 Å². The van der Waals surface area contributed by atoms with Crippen LogP contribution in [0.25, 0.3) is 0 Å². The third kappa shape index (κ3) is 2.73. The van der Waals surface area contributed by atoms with Crippen LogP contribution in [0.1, 0.15) is 24.4 Å². The van der Waals surface area contributed by atoms with Crippen molar-refractivity contribution in [3.63, 3.8) is 0 Å². The zero-order chi connectivity index (χ0) is 13.1. The van der Waals surface area contributed by atoms with Crippen LogP contribution in [0.3, 0.4) is 0 Å². The Hall–Kier alpha value is -1.75. The fourth-order valence-corrected chi connectivity index (χ4v) is 1.87. The number of amides is 1. The molecule has 0 saturated heterocycles. The smallest absolute Gasteiger partial charge is 0.239 e. The number of carbonyl (C=O) groups is 1. The van der Waals surface area contributed by atoms with Gasteiger partial charge in [-0.3, -0.25) is 10.1 Å². The molecule has 1 atom stereocenters. The Morgan fingerprint density at radius 3 is 2.61 bits per heavy atom. The summed E-state index contributed by atoms with van der Waals surface area (Å²) in [5.74, 6) is 0.891. The van der Waals surface area contributed by atoms with Crippen molar-refractivity contribution in [1.29, 1.82) is 0 Å². The monoisotopic (exact) mass is 250 g/mol. The van der Waals surface area contributed by atoms with Crippen LogP contribution >= 0.6 is 0 Å². The average Bonchev–Trinajstić information content (AvgIpc) is 3.19. The van der Waals surface area contributed by atoms with Crippen LogP contribution < -0.4 is 20.5 Å². The number of carbonyl (C=O) groups excluding carboxylic acids is 1. The summed E-state index contributed by atoms with van der Waals surface area (Å²) in [4.78, 5) is 11.6. The molecule has 0 aliphatic heterocycles. The summed E-state index contributed by atoms with van der Waals surface area (Å²) in [5, 5.41) is 3.22. The van der Waals surface area contributed by atoms with Gasteiger partial charge in [-0.1, -0.05) is 0 Å². The number of benzene rings is 1. The van der Waals surface area contributed by atoms with Crippen LogP contribution in [0.4, 0.5) is 0 Å². The lowest BCUT2D eigenvalue weighted by Crippen LogP contribution is -2.35. The van der Waals surface area contributed by atoms with E-state index in [0.29, 0.717) is 17.5 Å². The predicted molar refractivity (Wildman–Crippen MR) is 67.6 cm³/mol. The zero-order valence-electron chi connectivity index (χ0n) is 10.6. The minimum atomic E-state index is -0.515. The van der Waals surface area contributed by atoms with Gasteiger partial charge in [0.15, 0.2) is 0 Å². The minimum Gasteiger partial charge on any atom is -0.497 e. The van der Waals surface area contributed by atoms with Gasteiger partial charge in [0.1, 0.15) is 17.5 Å². The molecule has 0 spiro atoms. The third-order valence-electron chi connectivity index (χ3n) is 3.02. The van der Waals surface area contributed by atoms with E-state index in [9.17, 15) is 4.79 Å². The molecule has 1 saturated carbocycles. The summed E-state index contributed by atoms with van der Waals surface area (Å²) in [6, 6.07) is 5.22. The molecule has 0 heterocycles. The Balaban J connectivity index is 2.29. The predicted octanol–water partition coefficient (Wildman–Crippen LogP) is 0.982. The standard InChI is InChI=1S/C13H18N2O3/c1-17-9-5-6-10(11(7-9)18-2)12(13(14)16)15-8-3-4-8/h5-8,12,15H,3-4H2,1-2H3,(H2,14,16). The van der Waals surface area contributed by atoms with Crippen LogP contribution in [0.2, 0.25) is 0 Å². The molecule has 18 heavy (non-hydrogen) atoms. The number of primary amides is 1. The van der Waals surface area contributed by atoms with E-state index in [2.05, 4.69) is 5.32 Å². The summed E-state index contributed by atoms with van der Waals surface area (Å²) >= 11 is 0. The Labute approximate surface area is 106 Å². The first kappa shape index (κ1) is 12.7. The first-order valence-electron chi connectivity index (χ1n) is 5.93. The molecule has 1 amide bonds. The molecule has 98 valence electrons. The first-order valence-corrected chi connectivity index (χ1v) is 5.93. The van der Waals surface area contributed by atoms with Gasteiger partial charge in [0.25, 0.3) is 0 Å². The number of rotatable bonds is 6. The van der Waals surface area contributed by atoms with Gasteiger partial charge < -0.3 is 15.2 Å². The number of hydrogen-bond acceptors (Lipinski definition) is 4. The highest BCUT2D eigenvalue weighted by Crippen LogP contribution is 2.32. The van der Waals surface area contributed by atoms with E-state index in [1.54, 1.807) is 26.4 Å².